The molecule has 0 saturated heterocycles. The quantitative estimate of drug-likeness (QED) is 0.890. The molecule has 0 radical (unpaired) electrons. The molecule has 0 spiro atoms. The first-order valence-corrected chi connectivity index (χ1v) is 6.57. The van der Waals surface area contributed by atoms with Crippen molar-refractivity contribution < 1.29 is 9.21 Å². The average Bonchev–Trinajstić information content (AvgIpc) is 2.94. The first-order chi connectivity index (χ1) is 9.13. The van der Waals surface area contributed by atoms with Crippen LogP contribution in [-0.2, 0) is 4.79 Å². The number of benzene rings is 1. The Morgan fingerprint density at radius 1 is 1.32 bits per heavy atom. The summed E-state index contributed by atoms with van der Waals surface area (Å²) in [7, 11) is 0. The molecule has 0 saturated carbocycles. The lowest BCUT2D eigenvalue weighted by molar-refractivity contribution is -0.119. The lowest BCUT2D eigenvalue weighted by Gasteiger charge is -2.14. The van der Waals surface area contributed by atoms with Gasteiger partial charge in [-0.05, 0) is 37.1 Å². The summed E-state index contributed by atoms with van der Waals surface area (Å²) in [6.07, 6.45) is 2.49. The molecular weight excluding hydrogens is 238 g/mol. The van der Waals surface area contributed by atoms with Crippen molar-refractivity contribution in [2.75, 3.05) is 5.32 Å². The molecule has 2 rings (SSSR count). The van der Waals surface area contributed by atoms with Gasteiger partial charge in [0.1, 0.15) is 5.76 Å². The third-order valence-electron chi connectivity index (χ3n) is 3.44. The highest BCUT2D eigenvalue weighted by molar-refractivity contribution is 5.94. The molecule has 3 nitrogen and oxygen atoms in total. The third-order valence-corrected chi connectivity index (χ3v) is 3.44. The van der Waals surface area contributed by atoms with Crippen LogP contribution in [0.3, 0.4) is 0 Å². The van der Waals surface area contributed by atoms with Crippen LogP contribution in [0, 0.1) is 12.8 Å². The van der Waals surface area contributed by atoms with E-state index in [1.807, 2.05) is 51.1 Å². The highest BCUT2D eigenvalue weighted by atomic mass is 16.3. The van der Waals surface area contributed by atoms with Gasteiger partial charge in [-0.1, -0.05) is 26.0 Å². The summed E-state index contributed by atoms with van der Waals surface area (Å²) < 4.78 is 5.42. The summed E-state index contributed by atoms with van der Waals surface area (Å²) in [4.78, 5) is 12.0. The molecule has 1 N–H and O–H groups in total. The largest absolute Gasteiger partial charge is 0.464 e. The second kappa shape index (κ2) is 5.74. The van der Waals surface area contributed by atoms with E-state index in [-0.39, 0.29) is 11.8 Å². The van der Waals surface area contributed by atoms with E-state index >= 15 is 0 Å². The summed E-state index contributed by atoms with van der Waals surface area (Å²) in [5, 5.41) is 2.98. The Morgan fingerprint density at radius 3 is 2.74 bits per heavy atom. The molecule has 1 unspecified atom stereocenters. The molecule has 3 heteroatoms. The van der Waals surface area contributed by atoms with Crippen molar-refractivity contribution in [3.8, 4) is 11.3 Å². The second-order valence-corrected chi connectivity index (χ2v) is 4.75. The molecular formula is C16H19NO2. The van der Waals surface area contributed by atoms with Crippen LogP contribution in [0.25, 0.3) is 11.3 Å². The number of furan rings is 1. The molecule has 0 aliphatic carbocycles. The molecule has 0 bridgehead atoms. The Kier molecular flexibility index (Phi) is 4.05. The van der Waals surface area contributed by atoms with E-state index in [4.69, 9.17) is 4.42 Å². The van der Waals surface area contributed by atoms with Gasteiger partial charge in [-0.2, -0.15) is 0 Å². The van der Waals surface area contributed by atoms with E-state index in [0.29, 0.717) is 0 Å². The van der Waals surface area contributed by atoms with Gasteiger partial charge in [-0.3, -0.25) is 4.79 Å². The van der Waals surface area contributed by atoms with Crippen LogP contribution in [0.2, 0.25) is 0 Å². The maximum absolute atomic E-state index is 12.0. The molecule has 100 valence electrons. The van der Waals surface area contributed by atoms with E-state index in [2.05, 4.69) is 5.32 Å². The number of carbonyl (C=O) groups excluding carboxylic acids is 1. The minimum atomic E-state index is 0.0201. The standard InChI is InChI=1S/C16H19NO2/c1-4-11(2)16(18)17-14-8-5-7-13(12(14)3)15-9-6-10-19-15/h5-11H,4H2,1-3H3,(H,17,18). The van der Waals surface area contributed by atoms with E-state index in [1.54, 1.807) is 6.26 Å². The molecule has 1 heterocycles. The van der Waals surface area contributed by atoms with Crippen LogP contribution in [0.4, 0.5) is 5.69 Å². The van der Waals surface area contributed by atoms with E-state index in [9.17, 15) is 4.79 Å². The predicted molar refractivity (Wildman–Crippen MR) is 77.0 cm³/mol. The average molecular weight is 257 g/mol. The van der Waals surface area contributed by atoms with Crippen molar-refractivity contribution in [2.24, 2.45) is 5.92 Å². The Balaban J connectivity index is 2.28. The molecule has 1 aromatic carbocycles. The zero-order valence-electron chi connectivity index (χ0n) is 11.6. The number of rotatable bonds is 4. The summed E-state index contributed by atoms with van der Waals surface area (Å²) in [5.74, 6) is 0.894. The van der Waals surface area contributed by atoms with Crippen molar-refractivity contribution in [1.29, 1.82) is 0 Å². The molecule has 0 fully saturated rings. The maximum Gasteiger partial charge on any atom is 0.227 e. The van der Waals surface area contributed by atoms with Gasteiger partial charge in [-0.25, -0.2) is 0 Å². The highest BCUT2D eigenvalue weighted by Crippen LogP contribution is 2.29. The fourth-order valence-corrected chi connectivity index (χ4v) is 1.91. The molecule has 1 aromatic heterocycles. The van der Waals surface area contributed by atoms with Crippen LogP contribution in [-0.4, -0.2) is 5.91 Å². The number of hydrogen-bond donors (Lipinski definition) is 1. The van der Waals surface area contributed by atoms with Gasteiger partial charge >= 0.3 is 0 Å². The SMILES string of the molecule is CCC(C)C(=O)Nc1cccc(-c2ccco2)c1C. The molecule has 1 amide bonds. The Labute approximate surface area is 113 Å². The van der Waals surface area contributed by atoms with Crippen molar-refractivity contribution in [3.05, 3.63) is 42.2 Å². The number of nitrogens with one attached hydrogen (secondary N) is 1. The Hall–Kier alpha value is -2.03. The highest BCUT2D eigenvalue weighted by Gasteiger charge is 2.14. The fraction of sp³-hybridized carbons (Fsp3) is 0.312. The van der Waals surface area contributed by atoms with Crippen LogP contribution in [0.1, 0.15) is 25.8 Å². The van der Waals surface area contributed by atoms with Crippen LogP contribution in [0.15, 0.2) is 41.0 Å². The van der Waals surface area contributed by atoms with Crippen LogP contribution < -0.4 is 5.32 Å². The predicted octanol–water partition coefficient (Wildman–Crippen LogP) is 4.24. The zero-order valence-corrected chi connectivity index (χ0v) is 11.6. The van der Waals surface area contributed by atoms with E-state index in [1.165, 1.54) is 0 Å². The summed E-state index contributed by atoms with van der Waals surface area (Å²) in [5.41, 5.74) is 2.88. The number of anilines is 1. The minimum Gasteiger partial charge on any atom is -0.464 e. The minimum absolute atomic E-state index is 0.0201. The van der Waals surface area contributed by atoms with Gasteiger partial charge in [0.25, 0.3) is 0 Å². The van der Waals surface area contributed by atoms with Crippen LogP contribution >= 0.6 is 0 Å². The molecule has 19 heavy (non-hydrogen) atoms. The van der Waals surface area contributed by atoms with Gasteiger partial charge in [0.2, 0.25) is 5.91 Å². The van der Waals surface area contributed by atoms with Gasteiger partial charge in [0.15, 0.2) is 0 Å². The van der Waals surface area contributed by atoms with E-state index < -0.39 is 0 Å². The summed E-state index contributed by atoms with van der Waals surface area (Å²) in [6.45, 7) is 5.93. The van der Waals surface area contributed by atoms with Gasteiger partial charge in [0, 0.05) is 17.2 Å². The van der Waals surface area contributed by atoms with Gasteiger partial charge in [0.05, 0.1) is 6.26 Å². The number of amides is 1. The number of hydrogen-bond acceptors (Lipinski definition) is 2. The van der Waals surface area contributed by atoms with Crippen molar-refractivity contribution in [3.63, 3.8) is 0 Å². The van der Waals surface area contributed by atoms with Gasteiger partial charge < -0.3 is 9.73 Å². The van der Waals surface area contributed by atoms with Crippen LogP contribution in [0.5, 0.6) is 0 Å². The molecule has 0 aliphatic rings. The lowest BCUT2D eigenvalue weighted by atomic mass is 10.0. The molecule has 1 atom stereocenters. The lowest BCUT2D eigenvalue weighted by Crippen LogP contribution is -2.20. The summed E-state index contributed by atoms with van der Waals surface area (Å²) >= 11 is 0. The maximum atomic E-state index is 12.0. The number of carbonyl (C=O) groups is 1. The van der Waals surface area contributed by atoms with Crippen molar-refractivity contribution >= 4 is 11.6 Å². The summed E-state index contributed by atoms with van der Waals surface area (Å²) in [6, 6.07) is 9.62. The first kappa shape index (κ1) is 13.4. The van der Waals surface area contributed by atoms with Crippen molar-refractivity contribution in [2.45, 2.75) is 27.2 Å². The van der Waals surface area contributed by atoms with Gasteiger partial charge in [-0.15, -0.1) is 0 Å². The Bertz CT molecular complexity index is 558. The smallest absolute Gasteiger partial charge is 0.227 e. The second-order valence-electron chi connectivity index (χ2n) is 4.75. The third kappa shape index (κ3) is 2.87. The monoisotopic (exact) mass is 257 g/mol. The van der Waals surface area contributed by atoms with E-state index in [0.717, 1.165) is 29.0 Å². The topological polar surface area (TPSA) is 42.2 Å². The normalized spacial score (nSPS) is 12.2. The fourth-order valence-electron chi connectivity index (χ4n) is 1.91. The Morgan fingerprint density at radius 2 is 2.11 bits per heavy atom. The molecule has 0 aliphatic heterocycles. The first-order valence-electron chi connectivity index (χ1n) is 6.57. The zero-order chi connectivity index (χ0) is 13.8. The van der Waals surface area contributed by atoms with Crippen molar-refractivity contribution in [1.82, 2.24) is 0 Å². The molecule has 2 aromatic rings.